The van der Waals surface area contributed by atoms with Crippen molar-refractivity contribution >= 4 is 28.3 Å². The topological polar surface area (TPSA) is 55.5 Å². The molecule has 0 radical (unpaired) electrons. The van der Waals surface area contributed by atoms with Crippen molar-refractivity contribution in [3.05, 3.63) is 22.2 Å². The molecular weight excluding hydrogens is 330 g/mol. The summed E-state index contributed by atoms with van der Waals surface area (Å²) in [5, 5.41) is 10.2. The van der Waals surface area contributed by atoms with E-state index in [0.29, 0.717) is 11.7 Å². The van der Waals surface area contributed by atoms with Gasteiger partial charge in [0, 0.05) is 16.1 Å². The van der Waals surface area contributed by atoms with E-state index in [9.17, 15) is 5.11 Å². The first kappa shape index (κ1) is 16.6. The zero-order valence-corrected chi connectivity index (χ0v) is 13.5. The van der Waals surface area contributed by atoms with Crippen LogP contribution in [0.3, 0.4) is 0 Å². The lowest BCUT2D eigenvalue weighted by Crippen LogP contribution is -2.24. The maximum absolute atomic E-state index is 10.2. The molecule has 1 aromatic carbocycles. The van der Waals surface area contributed by atoms with Crippen LogP contribution in [-0.4, -0.2) is 12.2 Å². The molecule has 2 rings (SSSR count). The second kappa shape index (κ2) is 7.36. The highest BCUT2D eigenvalue weighted by molar-refractivity contribution is 9.10. The molecular formula is C14H21BrClNO2. The Kier molecular flexibility index (Phi) is 6.43. The summed E-state index contributed by atoms with van der Waals surface area (Å²) in [6.45, 7) is 0. The molecule has 108 valence electrons. The molecule has 0 aromatic heterocycles. The van der Waals surface area contributed by atoms with E-state index < -0.39 is 0 Å². The lowest BCUT2D eigenvalue weighted by atomic mass is 9.81. The van der Waals surface area contributed by atoms with Gasteiger partial charge in [0.05, 0.1) is 7.11 Å². The van der Waals surface area contributed by atoms with Gasteiger partial charge in [0.15, 0.2) is 11.5 Å². The smallest absolute Gasteiger partial charge is 0.163 e. The summed E-state index contributed by atoms with van der Waals surface area (Å²) in [5.41, 5.74) is 7.13. The molecule has 1 atom stereocenters. The summed E-state index contributed by atoms with van der Waals surface area (Å²) in [4.78, 5) is 0. The number of ether oxygens (including phenoxy) is 1. The molecule has 0 heterocycles. The average Bonchev–Trinajstić information content (AvgIpc) is 2.40. The first-order chi connectivity index (χ1) is 8.65. The zero-order chi connectivity index (χ0) is 13.1. The fourth-order valence-electron chi connectivity index (χ4n) is 2.77. The Morgan fingerprint density at radius 2 is 1.95 bits per heavy atom. The monoisotopic (exact) mass is 349 g/mol. The van der Waals surface area contributed by atoms with Gasteiger partial charge in [-0.2, -0.15) is 0 Å². The summed E-state index contributed by atoms with van der Waals surface area (Å²) >= 11 is 3.48. The molecule has 0 unspecified atom stereocenters. The highest BCUT2D eigenvalue weighted by Crippen LogP contribution is 2.43. The molecule has 0 amide bonds. The second-order valence-corrected chi connectivity index (χ2v) is 5.79. The summed E-state index contributed by atoms with van der Waals surface area (Å²) in [6, 6.07) is 3.50. The molecule has 1 aliphatic carbocycles. The fraction of sp³-hybridized carbons (Fsp3) is 0.571. The minimum absolute atomic E-state index is 0. The Hall–Kier alpha value is -0.450. The number of nitrogens with two attached hydrogens (primary N) is 1. The molecule has 1 fully saturated rings. The lowest BCUT2D eigenvalue weighted by molar-refractivity contribution is 0.298. The summed E-state index contributed by atoms with van der Waals surface area (Å²) in [7, 11) is 1.55. The number of methoxy groups -OCH3 is 1. The standard InChI is InChI=1S/C14H20BrNO2.ClH/c1-18-11-8-7-10(15)12(14(11)17)13(16)9-5-3-2-4-6-9;/h7-9,13,17H,2-6,16H2,1H3;1H/t13-;/m0./s1. The van der Waals surface area contributed by atoms with E-state index in [2.05, 4.69) is 15.9 Å². The minimum Gasteiger partial charge on any atom is -0.504 e. The fourth-order valence-corrected chi connectivity index (χ4v) is 3.36. The van der Waals surface area contributed by atoms with Gasteiger partial charge in [-0.3, -0.25) is 0 Å². The molecule has 0 spiro atoms. The largest absolute Gasteiger partial charge is 0.504 e. The van der Waals surface area contributed by atoms with E-state index in [1.54, 1.807) is 13.2 Å². The van der Waals surface area contributed by atoms with Gasteiger partial charge in [0.2, 0.25) is 0 Å². The quantitative estimate of drug-likeness (QED) is 0.860. The van der Waals surface area contributed by atoms with Crippen molar-refractivity contribution in [3.8, 4) is 11.5 Å². The highest BCUT2D eigenvalue weighted by Gasteiger charge is 2.26. The predicted molar refractivity (Wildman–Crippen MR) is 83.1 cm³/mol. The number of benzene rings is 1. The number of phenols is 1. The zero-order valence-electron chi connectivity index (χ0n) is 11.1. The molecule has 19 heavy (non-hydrogen) atoms. The van der Waals surface area contributed by atoms with Gasteiger partial charge in [0.1, 0.15) is 0 Å². The third-order valence-corrected chi connectivity index (χ3v) is 4.53. The van der Waals surface area contributed by atoms with Gasteiger partial charge in [-0.1, -0.05) is 35.2 Å². The number of hydrogen-bond acceptors (Lipinski definition) is 3. The third-order valence-electron chi connectivity index (χ3n) is 3.84. The van der Waals surface area contributed by atoms with E-state index >= 15 is 0 Å². The SMILES string of the molecule is COc1ccc(Br)c([C@@H](N)C2CCCCC2)c1O.Cl. The first-order valence-electron chi connectivity index (χ1n) is 6.46. The van der Waals surface area contributed by atoms with Crippen LogP contribution in [0.15, 0.2) is 16.6 Å². The van der Waals surface area contributed by atoms with Crippen LogP contribution >= 0.6 is 28.3 Å². The molecule has 0 bridgehead atoms. The van der Waals surface area contributed by atoms with Crippen LogP contribution in [0.1, 0.15) is 43.7 Å². The van der Waals surface area contributed by atoms with E-state index in [4.69, 9.17) is 10.5 Å². The molecule has 3 nitrogen and oxygen atoms in total. The van der Waals surface area contributed by atoms with Gasteiger partial charge in [-0.25, -0.2) is 0 Å². The van der Waals surface area contributed by atoms with Gasteiger partial charge >= 0.3 is 0 Å². The maximum Gasteiger partial charge on any atom is 0.163 e. The van der Waals surface area contributed by atoms with E-state index in [0.717, 1.165) is 22.9 Å². The van der Waals surface area contributed by atoms with Crippen molar-refractivity contribution < 1.29 is 9.84 Å². The minimum atomic E-state index is -0.130. The predicted octanol–water partition coefficient (Wildman–Crippen LogP) is 4.17. The lowest BCUT2D eigenvalue weighted by Gasteiger charge is -2.29. The number of rotatable bonds is 3. The van der Waals surface area contributed by atoms with Crippen molar-refractivity contribution in [1.82, 2.24) is 0 Å². The Morgan fingerprint density at radius 1 is 1.32 bits per heavy atom. The number of aromatic hydroxyl groups is 1. The Morgan fingerprint density at radius 3 is 2.53 bits per heavy atom. The van der Waals surface area contributed by atoms with Gasteiger partial charge in [0.25, 0.3) is 0 Å². The molecule has 5 heteroatoms. The summed E-state index contributed by atoms with van der Waals surface area (Å²) in [6.07, 6.45) is 6.06. The highest BCUT2D eigenvalue weighted by atomic mass is 79.9. The van der Waals surface area contributed by atoms with Crippen molar-refractivity contribution in [1.29, 1.82) is 0 Å². The average molecular weight is 351 g/mol. The van der Waals surface area contributed by atoms with Crippen LogP contribution in [-0.2, 0) is 0 Å². The van der Waals surface area contributed by atoms with Crippen LogP contribution in [0.2, 0.25) is 0 Å². The van der Waals surface area contributed by atoms with Crippen LogP contribution in [0.25, 0.3) is 0 Å². The van der Waals surface area contributed by atoms with E-state index in [-0.39, 0.29) is 24.2 Å². The van der Waals surface area contributed by atoms with E-state index in [1.165, 1.54) is 19.3 Å². The van der Waals surface area contributed by atoms with Crippen LogP contribution in [0.4, 0.5) is 0 Å². The normalized spacial score (nSPS) is 17.6. The molecule has 0 aliphatic heterocycles. The first-order valence-corrected chi connectivity index (χ1v) is 7.25. The summed E-state index contributed by atoms with van der Waals surface area (Å²) < 4.78 is 6.01. The van der Waals surface area contributed by atoms with Crippen molar-refractivity contribution in [2.75, 3.05) is 7.11 Å². The molecule has 1 saturated carbocycles. The maximum atomic E-state index is 10.2. The Bertz CT molecular complexity index is 422. The van der Waals surface area contributed by atoms with Gasteiger partial charge in [-0.15, -0.1) is 12.4 Å². The second-order valence-electron chi connectivity index (χ2n) is 4.94. The Labute approximate surface area is 129 Å². The number of hydrogen-bond donors (Lipinski definition) is 2. The molecule has 3 N–H and O–H groups in total. The van der Waals surface area contributed by atoms with Crippen molar-refractivity contribution in [2.45, 2.75) is 38.1 Å². The summed E-state index contributed by atoms with van der Waals surface area (Å²) in [5.74, 6) is 1.11. The number of halogens is 2. The Balaban J connectivity index is 0.00000180. The van der Waals surface area contributed by atoms with E-state index in [1.807, 2.05) is 6.07 Å². The third kappa shape index (κ3) is 3.56. The van der Waals surface area contributed by atoms with Gasteiger partial charge in [-0.05, 0) is 30.9 Å². The van der Waals surface area contributed by atoms with Crippen LogP contribution in [0, 0.1) is 5.92 Å². The van der Waals surface area contributed by atoms with Crippen molar-refractivity contribution in [2.24, 2.45) is 11.7 Å². The van der Waals surface area contributed by atoms with Crippen LogP contribution < -0.4 is 10.5 Å². The van der Waals surface area contributed by atoms with Gasteiger partial charge < -0.3 is 15.6 Å². The number of phenolic OH excluding ortho intramolecular Hbond substituents is 1. The van der Waals surface area contributed by atoms with Crippen LogP contribution in [0.5, 0.6) is 11.5 Å². The molecule has 1 aromatic rings. The molecule has 0 saturated heterocycles. The molecule has 1 aliphatic rings. The van der Waals surface area contributed by atoms with Crippen molar-refractivity contribution in [3.63, 3.8) is 0 Å².